The Labute approximate surface area is 173 Å². The third-order valence-corrected chi connectivity index (χ3v) is 8.39. The number of sulfonamides is 1. The first-order valence-corrected chi connectivity index (χ1v) is 11.9. The van der Waals surface area contributed by atoms with E-state index in [4.69, 9.17) is 0 Å². The van der Waals surface area contributed by atoms with Crippen LogP contribution >= 0.6 is 0 Å². The molecule has 1 saturated carbocycles. The van der Waals surface area contributed by atoms with Crippen molar-refractivity contribution in [3.63, 3.8) is 0 Å². The number of hydrogen-bond donors (Lipinski definition) is 2. The standard InChI is InChI=1S/C21H30N4O3S/c1-16-7-3-5-9-19(16)23-21(26)17(2)24-11-13-25(14-12-24)29(27,28)20-10-6-4-8-18(20)15-22/h4,6,8,10,16-17,19H,3,5,7,9,11-14H2,1-2H3,(H,23,26)/p+1/t16-,17-,19+/m1/s1. The van der Waals surface area contributed by atoms with Gasteiger partial charge in [0.05, 0.1) is 36.6 Å². The van der Waals surface area contributed by atoms with Crippen LogP contribution in [0, 0.1) is 17.2 Å². The highest BCUT2D eigenvalue weighted by Crippen LogP contribution is 2.23. The maximum Gasteiger partial charge on any atom is 0.278 e. The van der Waals surface area contributed by atoms with Crippen molar-refractivity contribution in [1.29, 1.82) is 5.26 Å². The molecular weight excluding hydrogens is 388 g/mol. The van der Waals surface area contributed by atoms with Crippen LogP contribution in [0.2, 0.25) is 0 Å². The van der Waals surface area contributed by atoms with Gasteiger partial charge in [0.25, 0.3) is 5.91 Å². The molecule has 3 atom stereocenters. The number of amides is 1. The highest BCUT2D eigenvalue weighted by atomic mass is 32.2. The van der Waals surface area contributed by atoms with Gasteiger partial charge in [0, 0.05) is 6.04 Å². The summed E-state index contributed by atoms with van der Waals surface area (Å²) in [6.45, 7) is 5.95. The third-order valence-electron chi connectivity index (χ3n) is 6.43. The van der Waals surface area contributed by atoms with Crippen LogP contribution < -0.4 is 10.2 Å². The number of benzene rings is 1. The first kappa shape index (κ1) is 21.8. The zero-order valence-electron chi connectivity index (χ0n) is 17.2. The molecule has 1 aromatic carbocycles. The van der Waals surface area contributed by atoms with Crippen LogP contribution in [-0.4, -0.2) is 56.9 Å². The summed E-state index contributed by atoms with van der Waals surface area (Å²) in [5.41, 5.74) is 0.164. The van der Waals surface area contributed by atoms with Gasteiger partial charge in [-0.1, -0.05) is 31.9 Å². The van der Waals surface area contributed by atoms with Gasteiger partial charge in [-0.3, -0.25) is 4.79 Å². The molecule has 1 aromatic rings. The Morgan fingerprint density at radius 1 is 1.24 bits per heavy atom. The predicted molar refractivity (Wildman–Crippen MR) is 110 cm³/mol. The smallest absolute Gasteiger partial charge is 0.278 e. The summed E-state index contributed by atoms with van der Waals surface area (Å²) in [6.07, 6.45) is 4.60. The van der Waals surface area contributed by atoms with E-state index in [1.165, 1.54) is 22.9 Å². The van der Waals surface area contributed by atoms with Crippen LogP contribution in [0.3, 0.4) is 0 Å². The number of nitrogens with one attached hydrogen (secondary N) is 2. The van der Waals surface area contributed by atoms with E-state index in [2.05, 4.69) is 12.2 Å². The molecule has 2 fully saturated rings. The van der Waals surface area contributed by atoms with Crippen molar-refractivity contribution in [2.75, 3.05) is 26.2 Å². The minimum Gasteiger partial charge on any atom is -0.348 e. The van der Waals surface area contributed by atoms with Crippen molar-refractivity contribution in [3.8, 4) is 6.07 Å². The zero-order chi connectivity index (χ0) is 21.0. The van der Waals surface area contributed by atoms with E-state index in [-0.39, 0.29) is 28.4 Å². The average Bonchev–Trinajstić information content (AvgIpc) is 2.74. The highest BCUT2D eigenvalue weighted by molar-refractivity contribution is 7.89. The topological polar surface area (TPSA) is 94.7 Å². The fraction of sp³-hybridized carbons (Fsp3) is 0.619. The molecule has 158 valence electrons. The lowest BCUT2D eigenvalue weighted by Crippen LogP contribution is -3.19. The molecule has 2 N–H and O–H groups in total. The van der Waals surface area contributed by atoms with Gasteiger partial charge in [0.1, 0.15) is 6.07 Å². The number of carbonyl (C=O) groups is 1. The lowest BCUT2D eigenvalue weighted by Gasteiger charge is -2.36. The number of hydrogen-bond acceptors (Lipinski definition) is 4. The second kappa shape index (κ2) is 9.24. The summed E-state index contributed by atoms with van der Waals surface area (Å²) in [5, 5.41) is 12.4. The molecule has 1 aliphatic carbocycles. The third kappa shape index (κ3) is 4.80. The van der Waals surface area contributed by atoms with Gasteiger partial charge >= 0.3 is 0 Å². The fourth-order valence-corrected chi connectivity index (χ4v) is 5.98. The number of piperazine rings is 1. The molecule has 0 bridgehead atoms. The molecule has 29 heavy (non-hydrogen) atoms. The molecule has 0 radical (unpaired) electrons. The van der Waals surface area contributed by atoms with Crippen molar-refractivity contribution in [2.24, 2.45) is 5.92 Å². The molecule has 1 amide bonds. The van der Waals surface area contributed by atoms with Gasteiger partial charge in [-0.15, -0.1) is 0 Å². The van der Waals surface area contributed by atoms with Gasteiger partial charge in [-0.25, -0.2) is 8.42 Å². The molecule has 2 aliphatic rings. The lowest BCUT2D eigenvalue weighted by atomic mass is 9.86. The summed E-state index contributed by atoms with van der Waals surface area (Å²) in [4.78, 5) is 13.9. The monoisotopic (exact) mass is 419 g/mol. The van der Waals surface area contributed by atoms with Gasteiger partial charge in [0.15, 0.2) is 6.04 Å². The van der Waals surface area contributed by atoms with Crippen LogP contribution in [0.5, 0.6) is 0 Å². The first-order chi connectivity index (χ1) is 13.8. The molecule has 0 unspecified atom stereocenters. The molecule has 1 saturated heterocycles. The minimum absolute atomic E-state index is 0.0584. The van der Waals surface area contributed by atoms with Gasteiger partial charge < -0.3 is 10.2 Å². The van der Waals surface area contributed by atoms with Crippen molar-refractivity contribution in [1.82, 2.24) is 9.62 Å². The maximum absolute atomic E-state index is 13.0. The maximum atomic E-state index is 13.0. The lowest BCUT2D eigenvalue weighted by molar-refractivity contribution is -0.917. The fourth-order valence-electron chi connectivity index (χ4n) is 4.39. The Bertz CT molecular complexity index is 872. The second-order valence-electron chi connectivity index (χ2n) is 8.27. The molecular formula is C21H31N4O3S+. The summed E-state index contributed by atoms with van der Waals surface area (Å²) in [5.74, 6) is 0.571. The Balaban J connectivity index is 1.59. The van der Waals surface area contributed by atoms with E-state index in [0.717, 1.165) is 24.2 Å². The molecule has 1 heterocycles. The number of quaternary nitrogens is 1. The van der Waals surface area contributed by atoms with E-state index >= 15 is 0 Å². The minimum atomic E-state index is -3.71. The molecule has 3 rings (SSSR count). The van der Waals surface area contributed by atoms with Crippen LogP contribution in [0.4, 0.5) is 0 Å². The van der Waals surface area contributed by atoms with Crippen molar-refractivity contribution >= 4 is 15.9 Å². The highest BCUT2D eigenvalue weighted by Gasteiger charge is 2.36. The quantitative estimate of drug-likeness (QED) is 0.728. The summed E-state index contributed by atoms with van der Waals surface area (Å²) in [6, 6.07) is 8.30. The number of nitriles is 1. The Morgan fingerprint density at radius 2 is 1.90 bits per heavy atom. The molecule has 0 spiro atoms. The van der Waals surface area contributed by atoms with Crippen LogP contribution in [0.15, 0.2) is 29.2 Å². The van der Waals surface area contributed by atoms with E-state index in [0.29, 0.717) is 32.1 Å². The van der Waals surface area contributed by atoms with E-state index in [9.17, 15) is 18.5 Å². The number of nitrogens with zero attached hydrogens (tertiary/aromatic N) is 2. The van der Waals surface area contributed by atoms with E-state index < -0.39 is 10.0 Å². The normalized spacial score (nSPS) is 25.1. The summed E-state index contributed by atoms with van der Waals surface area (Å²) < 4.78 is 27.4. The second-order valence-corrected chi connectivity index (χ2v) is 10.2. The largest absolute Gasteiger partial charge is 0.348 e. The number of rotatable bonds is 5. The van der Waals surface area contributed by atoms with E-state index in [1.54, 1.807) is 12.1 Å². The summed E-state index contributed by atoms with van der Waals surface area (Å²) in [7, 11) is -3.71. The Hall–Kier alpha value is -1.95. The molecule has 8 heteroatoms. The van der Waals surface area contributed by atoms with Crippen molar-refractivity contribution in [2.45, 2.75) is 56.5 Å². The van der Waals surface area contributed by atoms with Crippen molar-refractivity contribution < 1.29 is 18.1 Å². The van der Waals surface area contributed by atoms with Crippen LogP contribution in [-0.2, 0) is 14.8 Å². The zero-order valence-corrected chi connectivity index (χ0v) is 18.0. The van der Waals surface area contributed by atoms with Gasteiger partial charge in [0.2, 0.25) is 10.0 Å². The SMILES string of the molecule is C[C@@H]1CCCC[C@@H]1NC(=O)[C@@H](C)[NH+]1CCN(S(=O)(=O)c2ccccc2C#N)CC1. The average molecular weight is 420 g/mol. The first-order valence-electron chi connectivity index (χ1n) is 10.5. The number of carbonyl (C=O) groups excluding carboxylic acids is 1. The van der Waals surface area contributed by atoms with Gasteiger partial charge in [-0.05, 0) is 37.8 Å². The van der Waals surface area contributed by atoms with Crippen molar-refractivity contribution in [3.05, 3.63) is 29.8 Å². The molecule has 1 aliphatic heterocycles. The van der Waals surface area contributed by atoms with Crippen LogP contribution in [0.25, 0.3) is 0 Å². The van der Waals surface area contributed by atoms with E-state index in [1.807, 2.05) is 13.0 Å². The molecule has 7 nitrogen and oxygen atoms in total. The van der Waals surface area contributed by atoms with Gasteiger partial charge in [-0.2, -0.15) is 9.57 Å². The predicted octanol–water partition coefficient (Wildman–Crippen LogP) is 0.531. The Morgan fingerprint density at radius 3 is 2.55 bits per heavy atom. The Kier molecular flexibility index (Phi) is 6.93. The summed E-state index contributed by atoms with van der Waals surface area (Å²) >= 11 is 0. The van der Waals surface area contributed by atoms with Crippen LogP contribution in [0.1, 0.15) is 45.1 Å². The molecule has 0 aromatic heterocycles.